The van der Waals surface area contributed by atoms with Crippen LogP contribution >= 0.6 is 11.3 Å². The molecule has 30 heavy (non-hydrogen) atoms. The molecule has 0 bridgehead atoms. The van der Waals surface area contributed by atoms with Gasteiger partial charge in [0.2, 0.25) is 0 Å². The molecule has 2 aromatic heterocycles. The Balaban J connectivity index is 2.38. The smallest absolute Gasteiger partial charge is 0.422 e. The van der Waals surface area contributed by atoms with Crippen LogP contribution in [-0.4, -0.2) is 48.3 Å². The fourth-order valence-electron chi connectivity index (χ4n) is 2.87. The fourth-order valence-corrected chi connectivity index (χ4v) is 4.12. The molecule has 0 saturated heterocycles. The number of methoxy groups -OCH3 is 2. The molecule has 168 valence electrons. The first-order valence-electron chi connectivity index (χ1n) is 9.56. The van der Waals surface area contributed by atoms with Crippen LogP contribution in [0.3, 0.4) is 0 Å². The molecule has 0 radical (unpaired) electrons. The molecule has 0 fully saturated rings. The van der Waals surface area contributed by atoms with Gasteiger partial charge in [-0.1, -0.05) is 0 Å². The van der Waals surface area contributed by atoms with Gasteiger partial charge in [-0.15, -0.1) is 11.3 Å². The van der Waals surface area contributed by atoms with E-state index in [4.69, 9.17) is 14.2 Å². The summed E-state index contributed by atoms with van der Waals surface area (Å²) in [6, 6.07) is 0. The largest absolute Gasteiger partial charge is 0.443 e. The second kappa shape index (κ2) is 10.2. The van der Waals surface area contributed by atoms with E-state index in [1.807, 2.05) is 6.92 Å². The number of rotatable bonds is 9. The summed E-state index contributed by atoms with van der Waals surface area (Å²) in [5, 5.41) is 0.487. The highest BCUT2D eigenvalue weighted by molar-refractivity contribution is 7.18. The summed E-state index contributed by atoms with van der Waals surface area (Å²) >= 11 is 1.33. The second-order valence-electron chi connectivity index (χ2n) is 7.69. The maximum atomic E-state index is 13.0. The van der Waals surface area contributed by atoms with Crippen LogP contribution in [0.25, 0.3) is 10.2 Å². The van der Waals surface area contributed by atoms with Crippen LogP contribution in [0, 0.1) is 6.92 Å². The number of hydrogen-bond acceptors (Lipinski definition) is 8. The van der Waals surface area contributed by atoms with E-state index in [-0.39, 0.29) is 25.3 Å². The second-order valence-corrected chi connectivity index (χ2v) is 8.77. The number of fused-ring (bicyclic) bond motifs is 1. The minimum Gasteiger partial charge on any atom is -0.443 e. The Labute approximate surface area is 178 Å². The average Bonchev–Trinajstić information content (AvgIpc) is 2.97. The first-order chi connectivity index (χ1) is 14.1. The van der Waals surface area contributed by atoms with Crippen molar-refractivity contribution in [2.75, 3.05) is 27.4 Å². The van der Waals surface area contributed by atoms with Gasteiger partial charge in [-0.25, -0.2) is 15.0 Å². The zero-order chi connectivity index (χ0) is 22.5. The molecule has 11 heteroatoms. The van der Waals surface area contributed by atoms with Crippen molar-refractivity contribution in [3.8, 4) is 0 Å². The Kier molecular flexibility index (Phi) is 8.18. The highest BCUT2D eigenvalue weighted by Crippen LogP contribution is 2.27. The van der Waals surface area contributed by atoms with Crippen molar-refractivity contribution < 1.29 is 19.0 Å². The number of thiophene rings is 1. The van der Waals surface area contributed by atoms with E-state index in [0.29, 0.717) is 23.4 Å². The van der Waals surface area contributed by atoms with Gasteiger partial charge in [0.25, 0.3) is 5.56 Å². The van der Waals surface area contributed by atoms with Crippen molar-refractivity contribution in [2.24, 2.45) is 0 Å². The number of carbonyl (C=O) groups is 1. The predicted molar refractivity (Wildman–Crippen MR) is 115 cm³/mol. The Morgan fingerprint density at radius 2 is 1.67 bits per heavy atom. The molecule has 0 aromatic carbocycles. The van der Waals surface area contributed by atoms with Crippen molar-refractivity contribution in [3.05, 3.63) is 31.3 Å². The lowest BCUT2D eigenvalue weighted by molar-refractivity contribution is 0.0497. The van der Waals surface area contributed by atoms with Crippen molar-refractivity contribution in [1.82, 2.24) is 20.0 Å². The standard InChI is InChI=1S/C19H30N4O6S/c1-12-13(11-20-21-17(25)29-19(2,3)4)30-16-14(12)15(24)22(7-9-27-5)18(26)23(16)8-10-28-6/h20H,7-11H2,1-6H3,(H,21,25). The molecule has 1 amide bonds. The highest BCUT2D eigenvalue weighted by Gasteiger charge is 2.20. The summed E-state index contributed by atoms with van der Waals surface area (Å²) in [7, 11) is 3.07. The summed E-state index contributed by atoms with van der Waals surface area (Å²) < 4.78 is 18.1. The van der Waals surface area contributed by atoms with E-state index in [1.165, 1.54) is 23.0 Å². The van der Waals surface area contributed by atoms with Gasteiger partial charge in [0.05, 0.1) is 31.7 Å². The molecule has 0 aliphatic heterocycles. The normalized spacial score (nSPS) is 11.8. The molecule has 10 nitrogen and oxygen atoms in total. The third kappa shape index (κ3) is 5.69. The van der Waals surface area contributed by atoms with E-state index in [9.17, 15) is 14.4 Å². The van der Waals surface area contributed by atoms with E-state index in [2.05, 4.69) is 10.9 Å². The summed E-state index contributed by atoms with van der Waals surface area (Å²) in [6.45, 7) is 8.51. The van der Waals surface area contributed by atoms with Crippen molar-refractivity contribution >= 4 is 27.6 Å². The number of hydrazine groups is 1. The van der Waals surface area contributed by atoms with Crippen LogP contribution < -0.4 is 22.1 Å². The zero-order valence-electron chi connectivity index (χ0n) is 18.3. The van der Waals surface area contributed by atoms with Crippen LogP contribution in [0.5, 0.6) is 0 Å². The van der Waals surface area contributed by atoms with E-state index >= 15 is 0 Å². The molecule has 2 rings (SSSR count). The number of ether oxygens (including phenoxy) is 3. The van der Waals surface area contributed by atoms with Crippen molar-refractivity contribution in [3.63, 3.8) is 0 Å². The van der Waals surface area contributed by atoms with Crippen LogP contribution in [0.2, 0.25) is 0 Å². The van der Waals surface area contributed by atoms with Gasteiger partial charge in [-0.3, -0.25) is 19.4 Å². The van der Waals surface area contributed by atoms with Gasteiger partial charge < -0.3 is 14.2 Å². The maximum Gasteiger partial charge on any atom is 0.422 e. The van der Waals surface area contributed by atoms with Crippen molar-refractivity contribution in [1.29, 1.82) is 0 Å². The average molecular weight is 443 g/mol. The molecule has 2 heterocycles. The number of nitrogens with one attached hydrogen (secondary N) is 2. The number of aryl methyl sites for hydroxylation is 1. The molecule has 0 aliphatic carbocycles. The number of carbonyl (C=O) groups excluding carboxylic acids is 1. The van der Waals surface area contributed by atoms with E-state index < -0.39 is 17.4 Å². The summed E-state index contributed by atoms with van der Waals surface area (Å²) in [6.07, 6.45) is -0.597. The molecule has 0 aliphatic rings. The molecular weight excluding hydrogens is 412 g/mol. The molecule has 2 aromatic rings. The quantitative estimate of drug-likeness (QED) is 0.564. The summed E-state index contributed by atoms with van der Waals surface area (Å²) in [5.41, 5.74) is 4.71. The van der Waals surface area contributed by atoms with Gasteiger partial charge >= 0.3 is 11.8 Å². The lowest BCUT2D eigenvalue weighted by atomic mass is 10.2. The van der Waals surface area contributed by atoms with Gasteiger partial charge in [0.1, 0.15) is 10.4 Å². The molecule has 0 atom stereocenters. The zero-order valence-corrected chi connectivity index (χ0v) is 19.1. The maximum absolute atomic E-state index is 13.0. The van der Waals surface area contributed by atoms with Gasteiger partial charge in [0, 0.05) is 25.6 Å². The summed E-state index contributed by atoms with van der Waals surface area (Å²) in [5.74, 6) is 0. The van der Waals surface area contributed by atoms with Crippen LogP contribution in [0.4, 0.5) is 4.79 Å². The molecule has 0 saturated carbocycles. The van der Waals surface area contributed by atoms with Crippen LogP contribution in [0.15, 0.2) is 9.59 Å². The molecule has 0 spiro atoms. The Morgan fingerprint density at radius 1 is 1.07 bits per heavy atom. The number of aromatic nitrogens is 2. The SMILES string of the molecule is COCCn1c(=O)c2c(C)c(CNNC(=O)OC(C)(C)C)sc2n(CCOC)c1=O. The van der Waals surface area contributed by atoms with E-state index in [0.717, 1.165) is 10.4 Å². The predicted octanol–water partition coefficient (Wildman–Crippen LogP) is 1.36. The Bertz CT molecular complexity index is 1000. The van der Waals surface area contributed by atoms with Gasteiger partial charge in [-0.2, -0.15) is 0 Å². The monoisotopic (exact) mass is 442 g/mol. The minimum absolute atomic E-state index is 0.167. The van der Waals surface area contributed by atoms with Crippen LogP contribution in [0.1, 0.15) is 31.2 Å². The summed E-state index contributed by atoms with van der Waals surface area (Å²) in [4.78, 5) is 39.1. The number of hydrogen-bond donors (Lipinski definition) is 2. The van der Waals surface area contributed by atoms with Crippen LogP contribution in [-0.2, 0) is 33.8 Å². The van der Waals surface area contributed by atoms with Crippen molar-refractivity contribution in [2.45, 2.75) is 52.9 Å². The molecule has 0 unspecified atom stereocenters. The lowest BCUT2D eigenvalue weighted by Gasteiger charge is -2.19. The number of nitrogens with zero attached hydrogens (tertiary/aromatic N) is 2. The molecular formula is C19H30N4O6S. The first-order valence-corrected chi connectivity index (χ1v) is 10.4. The fraction of sp³-hybridized carbons (Fsp3) is 0.632. The molecule has 2 N–H and O–H groups in total. The Hall–Kier alpha value is -2.21. The van der Waals surface area contributed by atoms with Gasteiger partial charge in [0.15, 0.2) is 0 Å². The lowest BCUT2D eigenvalue weighted by Crippen LogP contribution is -2.41. The Morgan fingerprint density at radius 3 is 2.23 bits per heavy atom. The minimum atomic E-state index is -0.607. The third-order valence-electron chi connectivity index (χ3n) is 4.27. The first kappa shape index (κ1) is 24.1. The highest BCUT2D eigenvalue weighted by atomic mass is 32.1. The topological polar surface area (TPSA) is 113 Å². The third-order valence-corrected chi connectivity index (χ3v) is 5.58. The van der Waals surface area contributed by atoms with E-state index in [1.54, 1.807) is 32.4 Å². The van der Waals surface area contributed by atoms with Gasteiger partial charge in [-0.05, 0) is 33.3 Å². The number of amides is 1.